The number of aromatic nitrogens is 1. The van der Waals surface area contributed by atoms with Crippen molar-refractivity contribution in [1.82, 2.24) is 14.8 Å². The molecular weight excluding hydrogens is 443 g/mol. The van der Waals surface area contributed by atoms with Crippen molar-refractivity contribution >= 4 is 11.9 Å². The van der Waals surface area contributed by atoms with Gasteiger partial charge in [-0.3, -0.25) is 14.7 Å². The van der Waals surface area contributed by atoms with Crippen LogP contribution in [0.3, 0.4) is 0 Å². The van der Waals surface area contributed by atoms with Gasteiger partial charge < -0.3 is 19.2 Å². The van der Waals surface area contributed by atoms with Crippen molar-refractivity contribution in [2.24, 2.45) is 5.92 Å². The molecule has 11 heteroatoms. The number of carbonyl (C=O) groups is 2. The van der Waals surface area contributed by atoms with E-state index in [9.17, 15) is 18.0 Å². The molecule has 1 amide bonds. The summed E-state index contributed by atoms with van der Waals surface area (Å²) in [5.41, 5.74) is 2.15. The standard InChI is InChI=1S/C20H25N3O3.C2HF3O2/c1-15-4-2-5-17(21-15)13-22-8-7-16-12-23(9-11-26-19(16)14-22)20(24)18-6-3-10-25-18;3-2(4,5)1(6)7/h2-6,10,16,19H,7-9,11-14H2,1H3;(H,6,7)/t16-,19-;/m1./s1. The molecule has 0 aliphatic carbocycles. The van der Waals surface area contributed by atoms with Crippen LogP contribution in [0.2, 0.25) is 0 Å². The van der Waals surface area contributed by atoms with Crippen LogP contribution in [0.15, 0.2) is 41.0 Å². The summed E-state index contributed by atoms with van der Waals surface area (Å²) in [6.07, 6.45) is -2.34. The number of alkyl halides is 3. The molecule has 2 aromatic heterocycles. The third kappa shape index (κ3) is 7.03. The number of carboxylic acids is 1. The highest BCUT2D eigenvalue weighted by Crippen LogP contribution is 2.26. The minimum Gasteiger partial charge on any atom is -0.475 e. The Balaban J connectivity index is 0.000000383. The van der Waals surface area contributed by atoms with E-state index >= 15 is 0 Å². The van der Waals surface area contributed by atoms with Gasteiger partial charge in [0.15, 0.2) is 5.76 Å². The van der Waals surface area contributed by atoms with Crippen LogP contribution in [0, 0.1) is 12.8 Å². The van der Waals surface area contributed by atoms with Crippen molar-refractivity contribution in [2.45, 2.75) is 32.2 Å². The van der Waals surface area contributed by atoms with Crippen molar-refractivity contribution < 1.29 is 37.0 Å². The molecule has 0 aromatic carbocycles. The normalized spacial score (nSPS) is 21.4. The van der Waals surface area contributed by atoms with E-state index < -0.39 is 12.1 Å². The molecule has 4 heterocycles. The summed E-state index contributed by atoms with van der Waals surface area (Å²) in [7, 11) is 0. The topological polar surface area (TPSA) is 96.1 Å². The number of amides is 1. The van der Waals surface area contributed by atoms with Gasteiger partial charge in [-0.2, -0.15) is 13.2 Å². The lowest BCUT2D eigenvalue weighted by atomic mass is 9.93. The maximum absolute atomic E-state index is 12.6. The first-order chi connectivity index (χ1) is 15.6. The molecule has 2 aromatic rings. The zero-order chi connectivity index (χ0) is 24.0. The molecule has 0 bridgehead atoms. The van der Waals surface area contributed by atoms with Gasteiger partial charge in [-0.1, -0.05) is 6.07 Å². The summed E-state index contributed by atoms with van der Waals surface area (Å²) in [5, 5.41) is 7.12. The first kappa shape index (κ1) is 24.7. The molecule has 2 aliphatic heterocycles. The molecule has 2 fully saturated rings. The van der Waals surface area contributed by atoms with Crippen LogP contribution in [0.5, 0.6) is 0 Å². The quantitative estimate of drug-likeness (QED) is 0.738. The van der Waals surface area contributed by atoms with Gasteiger partial charge in [0.1, 0.15) is 0 Å². The Morgan fingerprint density at radius 3 is 2.58 bits per heavy atom. The van der Waals surface area contributed by atoms with E-state index in [0.717, 1.165) is 44.0 Å². The van der Waals surface area contributed by atoms with E-state index in [-0.39, 0.29) is 12.0 Å². The van der Waals surface area contributed by atoms with Crippen LogP contribution >= 0.6 is 0 Å². The molecule has 2 atom stereocenters. The third-order valence-corrected chi connectivity index (χ3v) is 5.52. The lowest BCUT2D eigenvalue weighted by Crippen LogP contribution is -2.47. The first-order valence-electron chi connectivity index (χ1n) is 10.5. The Labute approximate surface area is 188 Å². The molecule has 1 N–H and O–H groups in total. The Hall–Kier alpha value is -2.92. The predicted octanol–water partition coefficient (Wildman–Crippen LogP) is 2.98. The number of aryl methyl sites for hydroxylation is 1. The number of furan rings is 1. The van der Waals surface area contributed by atoms with Crippen LogP contribution < -0.4 is 0 Å². The van der Waals surface area contributed by atoms with Crippen LogP contribution in [-0.4, -0.2) is 76.8 Å². The molecule has 8 nitrogen and oxygen atoms in total. The highest BCUT2D eigenvalue weighted by molar-refractivity contribution is 5.91. The molecule has 0 spiro atoms. The second-order valence-corrected chi connectivity index (χ2v) is 7.99. The van der Waals surface area contributed by atoms with Crippen LogP contribution in [-0.2, 0) is 16.1 Å². The van der Waals surface area contributed by atoms with Crippen molar-refractivity contribution in [3.63, 3.8) is 0 Å². The summed E-state index contributed by atoms with van der Waals surface area (Å²) in [6, 6.07) is 9.64. The Kier molecular flexibility index (Phi) is 8.09. The number of piperidine rings is 1. The van der Waals surface area contributed by atoms with Gasteiger partial charge in [0.2, 0.25) is 0 Å². The highest BCUT2D eigenvalue weighted by atomic mass is 19.4. The Bertz CT molecular complexity index is 936. The minimum atomic E-state index is -5.08. The summed E-state index contributed by atoms with van der Waals surface area (Å²) >= 11 is 0. The van der Waals surface area contributed by atoms with Crippen molar-refractivity contribution in [1.29, 1.82) is 0 Å². The van der Waals surface area contributed by atoms with Gasteiger partial charge in [-0.05, 0) is 44.2 Å². The summed E-state index contributed by atoms with van der Waals surface area (Å²) in [4.78, 5) is 30.4. The SMILES string of the molecule is Cc1cccc(CN2CC[C@@H]3CN(C(=O)c4ccco4)CCO[C@@H]3C2)n1.O=C(O)C(F)(F)F. The molecule has 180 valence electrons. The fraction of sp³-hybridized carbons (Fsp3) is 0.500. The minimum absolute atomic E-state index is 0.0364. The van der Waals surface area contributed by atoms with Crippen LogP contribution in [0.4, 0.5) is 13.2 Å². The van der Waals surface area contributed by atoms with E-state index in [1.807, 2.05) is 17.9 Å². The molecule has 4 rings (SSSR count). The molecular formula is C22H26F3N3O5. The predicted molar refractivity (Wildman–Crippen MR) is 110 cm³/mol. The molecule has 0 unspecified atom stereocenters. The number of likely N-dealkylation sites (tertiary alicyclic amines) is 1. The van der Waals surface area contributed by atoms with E-state index in [0.29, 0.717) is 24.8 Å². The molecule has 33 heavy (non-hydrogen) atoms. The van der Waals surface area contributed by atoms with Gasteiger partial charge in [-0.15, -0.1) is 0 Å². The number of hydrogen-bond donors (Lipinski definition) is 1. The lowest BCUT2D eigenvalue weighted by Gasteiger charge is -2.37. The average molecular weight is 469 g/mol. The van der Waals surface area contributed by atoms with E-state index in [4.69, 9.17) is 19.1 Å². The lowest BCUT2D eigenvalue weighted by molar-refractivity contribution is -0.192. The van der Waals surface area contributed by atoms with Gasteiger partial charge in [0.05, 0.1) is 24.7 Å². The van der Waals surface area contributed by atoms with Gasteiger partial charge in [-0.25, -0.2) is 4.79 Å². The van der Waals surface area contributed by atoms with Crippen LogP contribution in [0.1, 0.15) is 28.4 Å². The highest BCUT2D eigenvalue weighted by Gasteiger charge is 2.38. The number of carbonyl (C=O) groups excluding carboxylic acids is 1. The summed E-state index contributed by atoms with van der Waals surface area (Å²) in [6.45, 7) is 6.70. The van der Waals surface area contributed by atoms with Crippen molar-refractivity contribution in [3.8, 4) is 0 Å². The number of halogens is 3. The second-order valence-electron chi connectivity index (χ2n) is 7.99. The smallest absolute Gasteiger partial charge is 0.475 e. The number of ether oxygens (including phenoxy) is 1. The van der Waals surface area contributed by atoms with Gasteiger partial charge >= 0.3 is 12.1 Å². The molecule has 2 saturated heterocycles. The van der Waals surface area contributed by atoms with Crippen LogP contribution in [0.25, 0.3) is 0 Å². The maximum Gasteiger partial charge on any atom is 0.490 e. The number of aliphatic carboxylic acids is 1. The Morgan fingerprint density at radius 2 is 1.94 bits per heavy atom. The van der Waals surface area contributed by atoms with Gasteiger partial charge in [0, 0.05) is 37.8 Å². The van der Waals surface area contributed by atoms with E-state index in [1.54, 1.807) is 18.4 Å². The monoisotopic (exact) mass is 469 g/mol. The largest absolute Gasteiger partial charge is 0.490 e. The zero-order valence-electron chi connectivity index (χ0n) is 18.1. The second kappa shape index (κ2) is 10.8. The number of rotatable bonds is 3. The number of nitrogens with zero attached hydrogens (tertiary/aromatic N) is 3. The first-order valence-corrected chi connectivity index (χ1v) is 10.5. The molecule has 0 saturated carbocycles. The number of hydrogen-bond acceptors (Lipinski definition) is 6. The average Bonchev–Trinajstić information content (AvgIpc) is 3.20. The van der Waals surface area contributed by atoms with E-state index in [2.05, 4.69) is 22.0 Å². The Morgan fingerprint density at radius 1 is 1.18 bits per heavy atom. The molecule has 2 aliphatic rings. The van der Waals surface area contributed by atoms with Gasteiger partial charge in [0.25, 0.3) is 5.91 Å². The fourth-order valence-electron chi connectivity index (χ4n) is 3.92. The van der Waals surface area contributed by atoms with Crippen molar-refractivity contribution in [2.75, 3.05) is 32.8 Å². The number of carboxylic acid groups (broad SMARTS) is 1. The summed E-state index contributed by atoms with van der Waals surface area (Å²) < 4.78 is 43.1. The van der Waals surface area contributed by atoms with E-state index in [1.165, 1.54) is 0 Å². The third-order valence-electron chi connectivity index (χ3n) is 5.52. The number of pyridine rings is 1. The fourth-order valence-corrected chi connectivity index (χ4v) is 3.92. The molecule has 0 radical (unpaired) electrons. The summed E-state index contributed by atoms with van der Waals surface area (Å²) in [5.74, 6) is -2.01. The zero-order valence-corrected chi connectivity index (χ0v) is 18.1. The number of fused-ring (bicyclic) bond motifs is 1. The van der Waals surface area contributed by atoms with Crippen molar-refractivity contribution in [3.05, 3.63) is 53.7 Å². The maximum atomic E-state index is 12.6.